The molecular weight excluding hydrogens is 225 g/mol. The summed E-state index contributed by atoms with van der Waals surface area (Å²) in [5.74, 6) is -7.58. The molecule has 0 aliphatic carbocycles. The first-order valence-corrected chi connectivity index (χ1v) is 4.32. The molecule has 88 valence electrons. The van der Waals surface area contributed by atoms with Gasteiger partial charge in [-0.15, -0.1) is 0 Å². The summed E-state index contributed by atoms with van der Waals surface area (Å²) in [6.45, 7) is 1.42. The highest BCUT2D eigenvalue weighted by Gasteiger charge is 2.47. The Labute approximate surface area is 89.1 Å². The van der Waals surface area contributed by atoms with E-state index in [9.17, 15) is 18.0 Å². The lowest BCUT2D eigenvalue weighted by molar-refractivity contribution is -0.182. The molecule has 1 aromatic carbocycles. The number of rotatable bonds is 3. The third-order valence-corrected chi connectivity index (χ3v) is 2.14. The summed E-state index contributed by atoms with van der Waals surface area (Å²) in [7, 11) is 0. The molecule has 16 heavy (non-hydrogen) atoms. The van der Waals surface area contributed by atoms with Crippen molar-refractivity contribution in [3.8, 4) is 0 Å². The smallest absolute Gasteiger partial charge is 0.377 e. The highest BCUT2D eigenvalue weighted by Crippen LogP contribution is 2.32. The fourth-order valence-electron chi connectivity index (χ4n) is 1.11. The lowest BCUT2D eigenvalue weighted by Crippen LogP contribution is -2.35. The van der Waals surface area contributed by atoms with Gasteiger partial charge in [0.25, 0.3) is 0 Å². The van der Waals surface area contributed by atoms with E-state index in [0.717, 1.165) is 6.07 Å². The lowest BCUT2D eigenvalue weighted by atomic mass is 10.0. The number of carboxylic acid groups (broad SMARTS) is 1. The molecule has 0 fully saturated rings. The summed E-state index contributed by atoms with van der Waals surface area (Å²) in [5.41, 5.74) is -0.259. The Morgan fingerprint density at radius 1 is 1.44 bits per heavy atom. The van der Waals surface area contributed by atoms with Crippen LogP contribution >= 0.6 is 0 Å². The molecule has 0 spiro atoms. The van der Waals surface area contributed by atoms with Crippen molar-refractivity contribution in [2.75, 3.05) is 0 Å². The van der Waals surface area contributed by atoms with Gasteiger partial charge in [0, 0.05) is 0 Å². The maximum Gasteiger partial charge on any atom is 0.377 e. The molecule has 2 N–H and O–H groups in total. The molecule has 0 saturated carbocycles. The van der Waals surface area contributed by atoms with Crippen molar-refractivity contribution in [3.05, 3.63) is 35.1 Å². The Morgan fingerprint density at radius 2 is 2.00 bits per heavy atom. The minimum atomic E-state index is -4.35. The van der Waals surface area contributed by atoms with Crippen LogP contribution in [0.15, 0.2) is 18.2 Å². The van der Waals surface area contributed by atoms with Crippen molar-refractivity contribution in [3.63, 3.8) is 0 Å². The molecule has 0 amide bonds. The number of carboxylic acids is 1. The second-order valence-electron chi connectivity index (χ2n) is 3.34. The molecule has 0 radical (unpaired) electrons. The van der Waals surface area contributed by atoms with Crippen LogP contribution in [0.3, 0.4) is 0 Å². The van der Waals surface area contributed by atoms with Gasteiger partial charge < -0.3 is 10.2 Å². The first-order chi connectivity index (χ1) is 7.26. The van der Waals surface area contributed by atoms with Gasteiger partial charge in [0.2, 0.25) is 0 Å². The normalized spacial score (nSPS) is 13.6. The molecule has 0 aliphatic heterocycles. The third kappa shape index (κ3) is 2.16. The Morgan fingerprint density at radius 3 is 2.44 bits per heavy atom. The molecular formula is C10H9F3O3. The third-order valence-electron chi connectivity index (χ3n) is 2.14. The van der Waals surface area contributed by atoms with Crippen molar-refractivity contribution < 1.29 is 28.2 Å². The summed E-state index contributed by atoms with van der Waals surface area (Å²) in [5, 5.41) is 17.3. The van der Waals surface area contributed by atoms with E-state index in [1.54, 1.807) is 0 Å². The van der Waals surface area contributed by atoms with Crippen LogP contribution < -0.4 is 0 Å². The van der Waals surface area contributed by atoms with Crippen LogP contribution in [-0.2, 0) is 4.79 Å². The summed E-state index contributed by atoms with van der Waals surface area (Å²) in [4.78, 5) is 10.2. The van der Waals surface area contributed by atoms with Gasteiger partial charge in [-0.05, 0) is 24.1 Å². The highest BCUT2D eigenvalue weighted by atomic mass is 19.3. The number of aliphatic carboxylic acids is 1. The van der Waals surface area contributed by atoms with E-state index in [-0.39, 0.29) is 5.56 Å². The molecule has 1 aromatic rings. The predicted octanol–water partition coefficient (Wildman–Crippen LogP) is 1.89. The number of benzene rings is 1. The summed E-state index contributed by atoms with van der Waals surface area (Å²) >= 11 is 0. The number of carbonyl (C=O) groups is 1. The van der Waals surface area contributed by atoms with Crippen molar-refractivity contribution in [2.24, 2.45) is 0 Å². The fourth-order valence-corrected chi connectivity index (χ4v) is 1.11. The molecule has 0 aliphatic rings. The van der Waals surface area contributed by atoms with Crippen molar-refractivity contribution >= 4 is 5.97 Å². The van der Waals surface area contributed by atoms with Gasteiger partial charge in [0.05, 0.1) is 0 Å². The van der Waals surface area contributed by atoms with Gasteiger partial charge >= 0.3 is 11.9 Å². The van der Waals surface area contributed by atoms with E-state index < -0.39 is 29.4 Å². The molecule has 3 nitrogen and oxygen atoms in total. The average Bonchev–Trinajstić information content (AvgIpc) is 2.20. The Balaban J connectivity index is 3.10. The minimum Gasteiger partial charge on any atom is -0.477 e. The molecule has 1 rings (SSSR count). The second kappa shape index (κ2) is 4.13. The lowest BCUT2D eigenvalue weighted by Gasteiger charge is -2.18. The summed E-state index contributed by atoms with van der Waals surface area (Å²) in [6, 6.07) is 2.93. The molecule has 1 unspecified atom stereocenters. The zero-order valence-electron chi connectivity index (χ0n) is 8.25. The molecule has 0 saturated heterocycles. The van der Waals surface area contributed by atoms with Crippen LogP contribution in [0, 0.1) is 12.7 Å². The first kappa shape index (κ1) is 12.5. The van der Waals surface area contributed by atoms with E-state index in [2.05, 4.69) is 0 Å². The number of hydrogen-bond acceptors (Lipinski definition) is 2. The van der Waals surface area contributed by atoms with E-state index >= 15 is 0 Å². The van der Waals surface area contributed by atoms with E-state index in [4.69, 9.17) is 10.2 Å². The molecule has 0 bridgehead atoms. The molecule has 1 atom stereocenters. The Kier molecular flexibility index (Phi) is 3.23. The zero-order valence-corrected chi connectivity index (χ0v) is 8.25. The van der Waals surface area contributed by atoms with Crippen LogP contribution in [0.5, 0.6) is 0 Å². The van der Waals surface area contributed by atoms with Crippen LogP contribution in [-0.4, -0.2) is 22.1 Å². The second-order valence-corrected chi connectivity index (χ2v) is 3.34. The average molecular weight is 234 g/mol. The van der Waals surface area contributed by atoms with Gasteiger partial charge in [0.15, 0.2) is 6.10 Å². The summed E-state index contributed by atoms with van der Waals surface area (Å²) in [6.07, 6.45) is -2.57. The van der Waals surface area contributed by atoms with Gasteiger partial charge in [-0.25, -0.2) is 9.18 Å². The largest absolute Gasteiger partial charge is 0.477 e. The molecule has 0 aromatic heterocycles. The Bertz CT molecular complexity index is 418. The van der Waals surface area contributed by atoms with Gasteiger partial charge in [-0.1, -0.05) is 12.1 Å². The quantitative estimate of drug-likeness (QED) is 0.839. The van der Waals surface area contributed by atoms with E-state index in [1.165, 1.54) is 13.0 Å². The van der Waals surface area contributed by atoms with Gasteiger partial charge in [-0.2, -0.15) is 8.78 Å². The van der Waals surface area contributed by atoms with Gasteiger partial charge in [-0.3, -0.25) is 0 Å². The number of hydrogen-bond donors (Lipinski definition) is 2. The Hall–Kier alpha value is -1.56. The predicted molar refractivity (Wildman–Crippen MR) is 48.7 cm³/mol. The fraction of sp³-hybridized carbons (Fsp3) is 0.300. The monoisotopic (exact) mass is 234 g/mol. The minimum absolute atomic E-state index is 0.217. The maximum atomic E-state index is 13.0. The van der Waals surface area contributed by atoms with E-state index in [0.29, 0.717) is 6.07 Å². The van der Waals surface area contributed by atoms with Crippen LogP contribution in [0.2, 0.25) is 0 Å². The first-order valence-electron chi connectivity index (χ1n) is 4.32. The number of aliphatic hydroxyl groups is 1. The van der Waals surface area contributed by atoms with Gasteiger partial charge in [0.1, 0.15) is 5.82 Å². The van der Waals surface area contributed by atoms with Crippen LogP contribution in [0.1, 0.15) is 17.2 Å². The zero-order chi connectivity index (χ0) is 12.5. The number of aryl methyl sites for hydroxylation is 1. The van der Waals surface area contributed by atoms with Crippen molar-refractivity contribution in [2.45, 2.75) is 19.0 Å². The topological polar surface area (TPSA) is 57.5 Å². The standard InChI is InChI=1S/C10H9F3O3/c1-5-2-3-6(4-7(5)11)8(14)10(12,13)9(15)16/h2-4,8,14H,1H3,(H,15,16). The number of aliphatic hydroxyl groups excluding tert-OH is 1. The number of alkyl halides is 2. The number of halogens is 3. The van der Waals surface area contributed by atoms with Crippen molar-refractivity contribution in [1.29, 1.82) is 0 Å². The van der Waals surface area contributed by atoms with Crippen LogP contribution in [0.4, 0.5) is 13.2 Å². The highest BCUT2D eigenvalue weighted by molar-refractivity contribution is 5.76. The maximum absolute atomic E-state index is 13.0. The van der Waals surface area contributed by atoms with Crippen molar-refractivity contribution in [1.82, 2.24) is 0 Å². The SMILES string of the molecule is Cc1ccc(C(O)C(F)(F)C(=O)O)cc1F. The molecule has 6 heteroatoms. The summed E-state index contributed by atoms with van der Waals surface area (Å²) < 4.78 is 38.8. The molecule has 0 heterocycles. The van der Waals surface area contributed by atoms with Crippen LogP contribution in [0.25, 0.3) is 0 Å². The van der Waals surface area contributed by atoms with E-state index in [1.807, 2.05) is 0 Å².